The van der Waals surface area contributed by atoms with Crippen LogP contribution in [0, 0.1) is 0 Å². The third-order valence-corrected chi connectivity index (χ3v) is 7.27. The third-order valence-electron chi connectivity index (χ3n) is 7.27. The largest absolute Gasteiger partial charge is 0.329 e. The van der Waals surface area contributed by atoms with Crippen molar-refractivity contribution >= 4 is 17.6 Å². The molecule has 1 spiro atoms. The molecule has 1 saturated heterocycles. The number of fused-ring (bicyclic) bond motifs is 1. The number of urea groups is 1. The van der Waals surface area contributed by atoms with Crippen molar-refractivity contribution in [3.8, 4) is 0 Å². The lowest BCUT2D eigenvalue weighted by Gasteiger charge is -2.21. The summed E-state index contributed by atoms with van der Waals surface area (Å²) in [5, 5.41) is 6.57. The Hall–Kier alpha value is -2.66. The zero-order chi connectivity index (χ0) is 21.4. The van der Waals surface area contributed by atoms with E-state index in [0.717, 1.165) is 31.2 Å². The summed E-state index contributed by atoms with van der Waals surface area (Å²) in [6.45, 7) is 2.87. The molecule has 162 valence electrons. The third kappa shape index (κ3) is 3.76. The van der Waals surface area contributed by atoms with Crippen LogP contribution in [0.25, 0.3) is 0 Å². The van der Waals surface area contributed by atoms with Crippen molar-refractivity contribution in [2.24, 2.45) is 0 Å². The number of aryl methyl sites for hydroxylation is 2. The molecule has 1 saturated carbocycles. The van der Waals surface area contributed by atoms with E-state index >= 15 is 0 Å². The Bertz CT molecular complexity index is 1010. The number of imide groups is 1. The molecule has 1 atom stereocenters. The quantitative estimate of drug-likeness (QED) is 0.688. The van der Waals surface area contributed by atoms with E-state index in [4.69, 9.17) is 0 Å². The van der Waals surface area contributed by atoms with Gasteiger partial charge < -0.3 is 10.6 Å². The van der Waals surface area contributed by atoms with Crippen LogP contribution in [0.15, 0.2) is 42.5 Å². The molecule has 1 unspecified atom stereocenters. The summed E-state index contributed by atoms with van der Waals surface area (Å²) in [6.07, 6.45) is 8.44. The first-order chi connectivity index (χ1) is 15.1. The minimum Gasteiger partial charge on any atom is -0.323 e. The number of anilines is 1. The van der Waals surface area contributed by atoms with E-state index in [-0.39, 0.29) is 18.0 Å². The maximum absolute atomic E-state index is 13.0. The fourth-order valence-electron chi connectivity index (χ4n) is 5.39. The number of hydrogen-bond donors (Lipinski definition) is 2. The number of nitrogens with one attached hydrogen (secondary N) is 2. The van der Waals surface area contributed by atoms with Gasteiger partial charge in [-0.15, -0.1) is 0 Å². The molecule has 2 aliphatic carbocycles. The number of nitrogens with zero attached hydrogens (tertiary/aromatic N) is 1. The zero-order valence-electron chi connectivity index (χ0n) is 18.2. The molecule has 2 aromatic rings. The van der Waals surface area contributed by atoms with Crippen molar-refractivity contribution in [2.75, 3.05) is 4.90 Å². The molecule has 2 fully saturated rings. The summed E-state index contributed by atoms with van der Waals surface area (Å²) in [4.78, 5) is 27.0. The summed E-state index contributed by atoms with van der Waals surface area (Å²) < 4.78 is 0. The van der Waals surface area contributed by atoms with Crippen LogP contribution in [0.1, 0.15) is 73.7 Å². The molecule has 0 aromatic heterocycles. The van der Waals surface area contributed by atoms with Gasteiger partial charge in [-0.2, -0.15) is 0 Å². The van der Waals surface area contributed by atoms with Crippen LogP contribution in [0.2, 0.25) is 0 Å². The SMILES string of the molecule is CC(NCc1cccc(N2C(=O)NC3(CCCC3)C2=O)c1)c1ccc2c(c1)CCCC2. The van der Waals surface area contributed by atoms with E-state index in [2.05, 4.69) is 35.8 Å². The van der Waals surface area contributed by atoms with Gasteiger partial charge in [-0.1, -0.05) is 43.2 Å². The lowest BCUT2D eigenvalue weighted by molar-refractivity contribution is -0.121. The molecule has 1 heterocycles. The van der Waals surface area contributed by atoms with Crippen molar-refractivity contribution in [2.45, 2.75) is 76.4 Å². The summed E-state index contributed by atoms with van der Waals surface area (Å²) in [6, 6.07) is 14.6. The average Bonchev–Trinajstić information content (AvgIpc) is 3.36. The van der Waals surface area contributed by atoms with E-state index in [1.165, 1.54) is 47.3 Å². The summed E-state index contributed by atoms with van der Waals surface area (Å²) >= 11 is 0. The smallest absolute Gasteiger partial charge is 0.323 e. The van der Waals surface area contributed by atoms with Crippen LogP contribution in [-0.2, 0) is 24.2 Å². The number of hydrogen-bond acceptors (Lipinski definition) is 3. The summed E-state index contributed by atoms with van der Waals surface area (Å²) in [5.41, 5.74) is 5.37. The minimum atomic E-state index is -0.674. The maximum Gasteiger partial charge on any atom is 0.329 e. The molecule has 3 aliphatic rings. The maximum atomic E-state index is 13.0. The summed E-state index contributed by atoms with van der Waals surface area (Å²) in [5.74, 6) is -0.0949. The van der Waals surface area contributed by atoms with Gasteiger partial charge in [0.25, 0.3) is 5.91 Å². The fourth-order valence-corrected chi connectivity index (χ4v) is 5.39. The highest BCUT2D eigenvalue weighted by atomic mass is 16.2. The highest BCUT2D eigenvalue weighted by Crippen LogP contribution is 2.37. The Morgan fingerprint density at radius 1 is 1.00 bits per heavy atom. The normalized spacial score (nSPS) is 20.7. The molecule has 0 bridgehead atoms. The number of carbonyl (C=O) groups is 2. The van der Waals surface area contributed by atoms with Crippen molar-refractivity contribution in [1.82, 2.24) is 10.6 Å². The summed E-state index contributed by atoms with van der Waals surface area (Å²) in [7, 11) is 0. The number of amides is 3. The van der Waals surface area contributed by atoms with Crippen molar-refractivity contribution in [3.05, 3.63) is 64.7 Å². The first-order valence-electron chi connectivity index (χ1n) is 11.7. The topological polar surface area (TPSA) is 61.4 Å². The second-order valence-corrected chi connectivity index (χ2v) is 9.37. The average molecular weight is 418 g/mol. The molecule has 5 heteroatoms. The van der Waals surface area contributed by atoms with E-state index in [9.17, 15) is 9.59 Å². The molecule has 1 aliphatic heterocycles. The molecular weight excluding hydrogens is 386 g/mol. The Morgan fingerprint density at radius 2 is 1.77 bits per heavy atom. The van der Waals surface area contributed by atoms with Crippen LogP contribution in [0.3, 0.4) is 0 Å². The number of carbonyl (C=O) groups excluding carboxylic acids is 2. The van der Waals surface area contributed by atoms with Crippen molar-refractivity contribution in [3.63, 3.8) is 0 Å². The molecule has 3 amide bonds. The predicted molar refractivity (Wildman–Crippen MR) is 122 cm³/mol. The lowest BCUT2D eigenvalue weighted by Crippen LogP contribution is -2.44. The van der Waals surface area contributed by atoms with Gasteiger partial charge in [0, 0.05) is 12.6 Å². The molecule has 5 rings (SSSR count). The highest BCUT2D eigenvalue weighted by molar-refractivity contribution is 6.23. The zero-order valence-corrected chi connectivity index (χ0v) is 18.2. The van der Waals surface area contributed by atoms with Crippen molar-refractivity contribution in [1.29, 1.82) is 0 Å². The Kier molecular flexibility index (Phi) is 5.30. The number of rotatable bonds is 5. The van der Waals surface area contributed by atoms with Gasteiger partial charge in [-0.25, -0.2) is 9.69 Å². The first kappa shape index (κ1) is 20.3. The monoisotopic (exact) mass is 417 g/mol. The molecule has 2 N–H and O–H groups in total. The molecule has 5 nitrogen and oxygen atoms in total. The molecule has 0 radical (unpaired) electrons. The molecule has 2 aromatic carbocycles. The van der Waals surface area contributed by atoms with Crippen LogP contribution in [0.5, 0.6) is 0 Å². The van der Waals surface area contributed by atoms with Crippen LogP contribution in [-0.4, -0.2) is 17.5 Å². The second-order valence-electron chi connectivity index (χ2n) is 9.37. The van der Waals surface area contributed by atoms with Gasteiger partial charge >= 0.3 is 6.03 Å². The van der Waals surface area contributed by atoms with Crippen LogP contribution < -0.4 is 15.5 Å². The van der Waals surface area contributed by atoms with E-state index in [1.54, 1.807) is 0 Å². The van der Waals surface area contributed by atoms with Gasteiger partial charge in [-0.3, -0.25) is 4.79 Å². The Labute approximate surface area is 184 Å². The van der Waals surface area contributed by atoms with E-state index in [0.29, 0.717) is 12.2 Å². The standard InChI is InChI=1S/C26H31N3O2/c1-18(21-12-11-20-8-2-3-9-22(20)16-21)27-17-19-7-6-10-23(15-19)29-24(30)26(28-25(29)31)13-4-5-14-26/h6-7,10-12,15-16,18,27H,2-5,8-9,13-14,17H2,1H3,(H,28,31). The van der Waals surface area contributed by atoms with E-state index in [1.807, 2.05) is 24.3 Å². The van der Waals surface area contributed by atoms with Gasteiger partial charge in [0.15, 0.2) is 0 Å². The van der Waals surface area contributed by atoms with Crippen LogP contribution >= 0.6 is 0 Å². The van der Waals surface area contributed by atoms with E-state index < -0.39 is 5.54 Å². The predicted octanol–water partition coefficient (Wildman–Crippen LogP) is 4.79. The van der Waals surface area contributed by atoms with Crippen LogP contribution in [0.4, 0.5) is 10.5 Å². The van der Waals surface area contributed by atoms with Gasteiger partial charge in [0.1, 0.15) is 5.54 Å². The molecular formula is C26H31N3O2. The Balaban J connectivity index is 1.28. The minimum absolute atomic E-state index is 0.0949. The molecule has 31 heavy (non-hydrogen) atoms. The lowest BCUT2D eigenvalue weighted by atomic mass is 9.89. The van der Waals surface area contributed by atoms with Crippen molar-refractivity contribution < 1.29 is 9.59 Å². The first-order valence-corrected chi connectivity index (χ1v) is 11.7. The number of benzene rings is 2. The Morgan fingerprint density at radius 3 is 2.58 bits per heavy atom. The fraction of sp³-hybridized carbons (Fsp3) is 0.462. The highest BCUT2D eigenvalue weighted by Gasteiger charge is 2.52. The van der Waals surface area contributed by atoms with Gasteiger partial charge in [0.05, 0.1) is 5.69 Å². The second kappa shape index (κ2) is 8.12. The van der Waals surface area contributed by atoms with Gasteiger partial charge in [-0.05, 0) is 79.8 Å². The van der Waals surface area contributed by atoms with Gasteiger partial charge in [0.2, 0.25) is 0 Å².